The highest BCUT2D eigenvalue weighted by Gasteiger charge is 2.35. The van der Waals surface area contributed by atoms with Crippen LogP contribution in [-0.4, -0.2) is 26.7 Å². The molecule has 94 valence electrons. The Morgan fingerprint density at radius 1 is 1.65 bits per heavy atom. The van der Waals surface area contributed by atoms with E-state index in [1.807, 2.05) is 0 Å². The summed E-state index contributed by atoms with van der Waals surface area (Å²) in [5.41, 5.74) is 1.03. The second kappa shape index (κ2) is 4.87. The van der Waals surface area contributed by atoms with Crippen LogP contribution >= 0.6 is 0 Å². The molecule has 0 aliphatic heterocycles. The Labute approximate surface area is 101 Å². The number of aromatic nitrogens is 2. The molecule has 0 bridgehead atoms. The normalized spacial score (nSPS) is 17.4. The number of carbonyl (C=O) groups is 1. The number of hydrogen-bond donors (Lipinski definition) is 2. The number of hydrogen-bond acceptors (Lipinski definition) is 3. The van der Waals surface area contributed by atoms with Gasteiger partial charge in [-0.3, -0.25) is 10.1 Å². The van der Waals surface area contributed by atoms with E-state index >= 15 is 0 Å². The number of nitrogens with zero attached hydrogens (tertiary/aromatic N) is 2. The van der Waals surface area contributed by atoms with Crippen molar-refractivity contribution in [1.29, 1.82) is 0 Å². The third kappa shape index (κ3) is 2.85. The van der Waals surface area contributed by atoms with Crippen molar-refractivity contribution in [3.05, 3.63) is 18.2 Å². The van der Waals surface area contributed by atoms with E-state index in [1.165, 1.54) is 0 Å². The third-order valence-electron chi connectivity index (χ3n) is 3.17. The predicted molar refractivity (Wildman–Crippen MR) is 63.6 cm³/mol. The maximum absolute atomic E-state index is 11.1. The minimum Gasteiger partial charge on any atom is -0.480 e. The molecular formula is C12H19N3O2. The summed E-state index contributed by atoms with van der Waals surface area (Å²) in [6.07, 6.45) is 5.62. The number of carboxylic acids is 1. The lowest BCUT2D eigenvalue weighted by Crippen LogP contribution is -2.38. The molecule has 1 heterocycles. The van der Waals surface area contributed by atoms with Crippen molar-refractivity contribution >= 4 is 5.97 Å². The number of imidazole rings is 1. The van der Waals surface area contributed by atoms with Crippen LogP contribution in [0.4, 0.5) is 0 Å². The molecule has 1 aliphatic carbocycles. The molecule has 0 saturated heterocycles. The van der Waals surface area contributed by atoms with Gasteiger partial charge in [0.25, 0.3) is 0 Å². The van der Waals surface area contributed by atoms with Crippen molar-refractivity contribution in [2.45, 2.75) is 45.3 Å². The second-order valence-corrected chi connectivity index (χ2v) is 4.92. The summed E-state index contributed by atoms with van der Waals surface area (Å²) in [5, 5.41) is 12.2. The molecule has 1 atom stereocenters. The smallest absolute Gasteiger partial charge is 0.320 e. The van der Waals surface area contributed by atoms with Gasteiger partial charge in [-0.05, 0) is 32.6 Å². The average Bonchev–Trinajstić information content (AvgIpc) is 2.95. The summed E-state index contributed by atoms with van der Waals surface area (Å²) in [6, 6.07) is -0.0657. The molecule has 0 amide bonds. The maximum Gasteiger partial charge on any atom is 0.320 e. The highest BCUT2D eigenvalue weighted by Crippen LogP contribution is 2.32. The first kappa shape index (κ1) is 12.1. The molecule has 5 heteroatoms. The Kier molecular flexibility index (Phi) is 3.47. The van der Waals surface area contributed by atoms with Crippen molar-refractivity contribution in [1.82, 2.24) is 14.9 Å². The fraction of sp³-hybridized carbons (Fsp3) is 0.667. The zero-order valence-corrected chi connectivity index (χ0v) is 10.3. The largest absolute Gasteiger partial charge is 0.480 e. The van der Waals surface area contributed by atoms with Gasteiger partial charge in [-0.15, -0.1) is 0 Å². The Morgan fingerprint density at radius 3 is 2.88 bits per heavy atom. The van der Waals surface area contributed by atoms with E-state index in [0.29, 0.717) is 18.5 Å². The molecule has 1 fully saturated rings. The van der Waals surface area contributed by atoms with Gasteiger partial charge in [0, 0.05) is 18.8 Å². The molecule has 17 heavy (non-hydrogen) atoms. The van der Waals surface area contributed by atoms with Crippen LogP contribution in [0.3, 0.4) is 0 Å². The lowest BCUT2D eigenvalue weighted by Gasteiger charge is -2.16. The Hall–Kier alpha value is -1.36. The second-order valence-electron chi connectivity index (χ2n) is 4.92. The summed E-state index contributed by atoms with van der Waals surface area (Å²) in [6.45, 7) is 4.73. The van der Waals surface area contributed by atoms with E-state index in [-0.39, 0.29) is 0 Å². The molecule has 1 aromatic heterocycles. The molecule has 2 rings (SSSR count). The Morgan fingerprint density at radius 2 is 2.35 bits per heavy atom. The first-order valence-electron chi connectivity index (χ1n) is 6.06. The Balaban J connectivity index is 1.96. The van der Waals surface area contributed by atoms with Gasteiger partial charge in [-0.2, -0.15) is 0 Å². The molecule has 1 unspecified atom stereocenters. The number of nitrogens with one attached hydrogen (secondary N) is 1. The highest BCUT2D eigenvalue weighted by atomic mass is 16.4. The summed E-state index contributed by atoms with van der Waals surface area (Å²) in [5.74, 6) is -0.439. The van der Waals surface area contributed by atoms with Gasteiger partial charge >= 0.3 is 5.97 Å². The summed E-state index contributed by atoms with van der Waals surface area (Å²) in [7, 11) is 0. The van der Waals surface area contributed by atoms with Crippen molar-refractivity contribution in [2.75, 3.05) is 0 Å². The Bertz CT molecular complexity index is 396. The third-order valence-corrected chi connectivity index (χ3v) is 3.17. The van der Waals surface area contributed by atoms with Crippen molar-refractivity contribution in [2.24, 2.45) is 5.92 Å². The van der Waals surface area contributed by atoms with Crippen LogP contribution in [0.25, 0.3) is 0 Å². The molecule has 1 saturated carbocycles. The van der Waals surface area contributed by atoms with Crippen LogP contribution in [0.15, 0.2) is 12.5 Å². The first-order valence-corrected chi connectivity index (χ1v) is 6.06. The number of rotatable bonds is 6. The standard InChI is InChI=1S/C12H19N3O2/c1-8(2)15-7-13-5-10(15)6-14-11(12(16)17)9-3-4-9/h5,7-9,11,14H,3-4,6H2,1-2H3,(H,16,17). The number of carboxylic acid groups (broad SMARTS) is 1. The molecular weight excluding hydrogens is 218 g/mol. The fourth-order valence-electron chi connectivity index (χ4n) is 2.03. The van der Waals surface area contributed by atoms with Crippen LogP contribution in [-0.2, 0) is 11.3 Å². The number of aliphatic carboxylic acids is 1. The minimum absolute atomic E-state index is 0.308. The zero-order valence-electron chi connectivity index (χ0n) is 10.3. The van der Waals surface area contributed by atoms with Crippen LogP contribution in [0.5, 0.6) is 0 Å². The highest BCUT2D eigenvalue weighted by molar-refractivity contribution is 5.74. The SMILES string of the molecule is CC(C)n1cncc1CNC(C(=O)O)C1CC1. The lowest BCUT2D eigenvalue weighted by molar-refractivity contribution is -0.140. The van der Waals surface area contributed by atoms with Gasteiger partial charge in [-0.1, -0.05) is 0 Å². The van der Waals surface area contributed by atoms with Gasteiger partial charge in [0.05, 0.1) is 12.0 Å². The quantitative estimate of drug-likeness (QED) is 0.785. The monoisotopic (exact) mass is 237 g/mol. The summed E-state index contributed by atoms with van der Waals surface area (Å²) in [4.78, 5) is 15.2. The van der Waals surface area contributed by atoms with Gasteiger partial charge in [0.1, 0.15) is 6.04 Å². The maximum atomic E-state index is 11.1. The van der Waals surface area contributed by atoms with E-state index in [2.05, 4.69) is 28.7 Å². The van der Waals surface area contributed by atoms with Crippen LogP contribution in [0.1, 0.15) is 38.4 Å². The first-order chi connectivity index (χ1) is 8.09. The summed E-state index contributed by atoms with van der Waals surface area (Å²) >= 11 is 0. The average molecular weight is 237 g/mol. The topological polar surface area (TPSA) is 67.2 Å². The van der Waals surface area contributed by atoms with Gasteiger partial charge in [0.2, 0.25) is 0 Å². The van der Waals surface area contributed by atoms with E-state index in [9.17, 15) is 4.79 Å². The van der Waals surface area contributed by atoms with E-state index in [4.69, 9.17) is 5.11 Å². The molecule has 0 aromatic carbocycles. The van der Waals surface area contributed by atoms with Crippen molar-refractivity contribution in [3.63, 3.8) is 0 Å². The molecule has 0 radical (unpaired) electrons. The van der Waals surface area contributed by atoms with E-state index in [0.717, 1.165) is 18.5 Å². The molecule has 2 N–H and O–H groups in total. The van der Waals surface area contributed by atoms with Gasteiger partial charge in [-0.25, -0.2) is 4.98 Å². The van der Waals surface area contributed by atoms with Crippen molar-refractivity contribution < 1.29 is 9.90 Å². The zero-order chi connectivity index (χ0) is 12.4. The van der Waals surface area contributed by atoms with E-state index in [1.54, 1.807) is 12.5 Å². The molecule has 5 nitrogen and oxygen atoms in total. The molecule has 1 aliphatic rings. The minimum atomic E-state index is -0.747. The van der Waals surface area contributed by atoms with Gasteiger partial charge in [0.15, 0.2) is 0 Å². The summed E-state index contributed by atoms with van der Waals surface area (Å²) < 4.78 is 2.05. The van der Waals surface area contributed by atoms with Crippen LogP contribution < -0.4 is 5.32 Å². The van der Waals surface area contributed by atoms with Crippen LogP contribution in [0, 0.1) is 5.92 Å². The molecule has 0 spiro atoms. The predicted octanol–water partition coefficient (Wildman–Crippen LogP) is 1.42. The fourth-order valence-corrected chi connectivity index (χ4v) is 2.03. The van der Waals surface area contributed by atoms with Gasteiger partial charge < -0.3 is 9.67 Å². The lowest BCUT2D eigenvalue weighted by atomic mass is 10.2. The van der Waals surface area contributed by atoms with Crippen molar-refractivity contribution in [3.8, 4) is 0 Å². The van der Waals surface area contributed by atoms with E-state index < -0.39 is 12.0 Å². The van der Waals surface area contributed by atoms with Crippen LogP contribution in [0.2, 0.25) is 0 Å². The molecule has 1 aromatic rings.